The van der Waals surface area contributed by atoms with E-state index >= 15 is 0 Å². The first kappa shape index (κ1) is 24.4. The molecule has 46 heavy (non-hydrogen) atoms. The van der Waals surface area contributed by atoms with Crippen LogP contribution in [-0.4, -0.2) is 14.1 Å². The van der Waals surface area contributed by atoms with Gasteiger partial charge in [-0.3, -0.25) is 4.57 Å². The van der Waals surface area contributed by atoms with Gasteiger partial charge in [0.1, 0.15) is 5.52 Å². The van der Waals surface area contributed by atoms with Gasteiger partial charge in [-0.15, -0.1) is 11.3 Å². The maximum Gasteiger partial charge on any atom is 0.307 e. The third-order valence-electron chi connectivity index (χ3n) is 9.56. The van der Waals surface area contributed by atoms with Crippen molar-refractivity contribution in [3.05, 3.63) is 140 Å². The molecule has 5 heteroatoms. The molecule has 0 atom stereocenters. The number of fused-ring (bicyclic) bond motifs is 13. The number of thiophene rings is 1. The van der Waals surface area contributed by atoms with Crippen LogP contribution in [0.25, 0.3) is 97.4 Å². The summed E-state index contributed by atoms with van der Waals surface area (Å²) in [7, 11) is 0. The lowest BCUT2D eigenvalue weighted by atomic mass is 10.0. The molecular formula is C41H23N3OS. The van der Waals surface area contributed by atoms with Crippen molar-refractivity contribution in [2.45, 2.75) is 0 Å². The van der Waals surface area contributed by atoms with Gasteiger partial charge in [0.25, 0.3) is 0 Å². The number of hydrogen-bond donors (Lipinski definition) is 0. The SMILES string of the molecule is c1ccc2c(c1)ccc1c2c2ccc(-n3c4ccccc4c4ccccc43)cc2n1-c1nc2c(ccc3sc4ccccc4c32)o1. The molecule has 7 aromatic carbocycles. The van der Waals surface area contributed by atoms with Crippen LogP contribution in [0.2, 0.25) is 0 Å². The zero-order valence-electron chi connectivity index (χ0n) is 24.4. The smallest absolute Gasteiger partial charge is 0.307 e. The van der Waals surface area contributed by atoms with Gasteiger partial charge in [0.2, 0.25) is 0 Å². The normalized spacial score (nSPS) is 12.3. The molecule has 11 rings (SSSR count). The number of para-hydroxylation sites is 2. The second-order valence-electron chi connectivity index (χ2n) is 12.0. The quantitative estimate of drug-likeness (QED) is 0.196. The van der Waals surface area contributed by atoms with Crippen LogP contribution in [-0.2, 0) is 0 Å². The number of rotatable bonds is 2. The molecule has 0 unspecified atom stereocenters. The first-order valence-corrected chi connectivity index (χ1v) is 16.3. The minimum absolute atomic E-state index is 0.576. The Labute approximate surface area is 265 Å². The summed E-state index contributed by atoms with van der Waals surface area (Å²) in [6, 6.07) is 50.5. The molecule has 0 aliphatic carbocycles. The third-order valence-corrected chi connectivity index (χ3v) is 10.7. The van der Waals surface area contributed by atoms with E-state index in [1.165, 1.54) is 58.1 Å². The Morgan fingerprint density at radius 2 is 1.20 bits per heavy atom. The maximum atomic E-state index is 6.69. The fourth-order valence-electron chi connectivity index (χ4n) is 7.61. The summed E-state index contributed by atoms with van der Waals surface area (Å²) in [6.45, 7) is 0. The Morgan fingerprint density at radius 1 is 0.478 bits per heavy atom. The second-order valence-corrected chi connectivity index (χ2v) is 13.1. The zero-order valence-corrected chi connectivity index (χ0v) is 25.3. The molecule has 0 saturated carbocycles. The van der Waals surface area contributed by atoms with Crippen molar-refractivity contribution in [1.82, 2.24) is 14.1 Å². The minimum Gasteiger partial charge on any atom is -0.423 e. The monoisotopic (exact) mass is 605 g/mol. The van der Waals surface area contributed by atoms with Gasteiger partial charge in [-0.25, -0.2) is 0 Å². The molecule has 0 aliphatic heterocycles. The standard InChI is InChI=1S/C41H23N3OS/c1-2-10-26-24(9-1)17-20-33-38(26)29-19-18-25(43-31-14-6-3-11-27(31)28-12-4-7-15-32(28)43)23-34(29)44(33)41-42-40-35(45-41)21-22-37-39(40)30-13-5-8-16-36(30)46-37/h1-23H. The summed E-state index contributed by atoms with van der Waals surface area (Å²) in [5, 5.41) is 9.67. The van der Waals surface area contributed by atoms with Gasteiger partial charge in [-0.1, -0.05) is 91.0 Å². The van der Waals surface area contributed by atoms with Crippen LogP contribution < -0.4 is 0 Å². The van der Waals surface area contributed by atoms with Gasteiger partial charge in [0, 0.05) is 47.4 Å². The first-order valence-electron chi connectivity index (χ1n) is 15.5. The average Bonchev–Trinajstić information content (AvgIpc) is 3.86. The molecule has 11 aromatic rings. The Balaban J connectivity index is 1.27. The van der Waals surface area contributed by atoms with E-state index < -0.39 is 0 Å². The molecule has 0 bridgehead atoms. The number of oxazole rings is 1. The fourth-order valence-corrected chi connectivity index (χ4v) is 8.72. The van der Waals surface area contributed by atoms with Crippen LogP contribution in [0.5, 0.6) is 0 Å². The van der Waals surface area contributed by atoms with Crippen molar-refractivity contribution in [2.75, 3.05) is 0 Å². The van der Waals surface area contributed by atoms with Crippen LogP contribution in [0.1, 0.15) is 0 Å². The lowest BCUT2D eigenvalue weighted by molar-refractivity contribution is 0.574. The van der Waals surface area contributed by atoms with E-state index in [0.717, 1.165) is 33.2 Å². The summed E-state index contributed by atoms with van der Waals surface area (Å²) < 4.78 is 13.8. The van der Waals surface area contributed by atoms with E-state index in [1.54, 1.807) is 11.3 Å². The van der Waals surface area contributed by atoms with Gasteiger partial charge < -0.3 is 8.98 Å². The highest BCUT2D eigenvalue weighted by Gasteiger charge is 2.22. The van der Waals surface area contributed by atoms with E-state index in [2.05, 4.69) is 149 Å². The van der Waals surface area contributed by atoms with Gasteiger partial charge in [-0.05, 0) is 59.3 Å². The van der Waals surface area contributed by atoms with Crippen molar-refractivity contribution in [3.8, 4) is 11.7 Å². The van der Waals surface area contributed by atoms with Crippen molar-refractivity contribution in [3.63, 3.8) is 0 Å². The average molecular weight is 606 g/mol. The van der Waals surface area contributed by atoms with E-state index in [0.29, 0.717) is 6.01 Å². The lowest BCUT2D eigenvalue weighted by Crippen LogP contribution is -1.97. The molecule has 4 nitrogen and oxygen atoms in total. The Morgan fingerprint density at radius 3 is 2.02 bits per heavy atom. The maximum absolute atomic E-state index is 6.69. The Kier molecular flexibility index (Phi) is 4.69. The molecule has 0 spiro atoms. The predicted molar refractivity (Wildman–Crippen MR) is 193 cm³/mol. The largest absolute Gasteiger partial charge is 0.423 e. The molecule has 0 aliphatic rings. The summed E-state index contributed by atoms with van der Waals surface area (Å²) >= 11 is 1.80. The highest BCUT2D eigenvalue weighted by Crippen LogP contribution is 2.42. The van der Waals surface area contributed by atoms with Crippen LogP contribution >= 0.6 is 11.3 Å². The lowest BCUT2D eigenvalue weighted by Gasteiger charge is -2.09. The van der Waals surface area contributed by atoms with Crippen LogP contribution in [0.4, 0.5) is 0 Å². The van der Waals surface area contributed by atoms with Crippen LogP contribution in [0, 0.1) is 0 Å². The topological polar surface area (TPSA) is 35.9 Å². The van der Waals surface area contributed by atoms with Gasteiger partial charge in [0.15, 0.2) is 5.58 Å². The second kappa shape index (κ2) is 8.84. The number of aromatic nitrogens is 3. The minimum atomic E-state index is 0.576. The fraction of sp³-hybridized carbons (Fsp3) is 0. The molecule has 4 aromatic heterocycles. The van der Waals surface area contributed by atoms with Gasteiger partial charge in [0.05, 0.1) is 22.1 Å². The number of hydrogen-bond acceptors (Lipinski definition) is 3. The van der Waals surface area contributed by atoms with Crippen LogP contribution in [0.3, 0.4) is 0 Å². The van der Waals surface area contributed by atoms with Crippen molar-refractivity contribution >= 4 is 97.0 Å². The zero-order chi connectivity index (χ0) is 29.9. The summed E-state index contributed by atoms with van der Waals surface area (Å²) in [5.41, 5.74) is 7.30. The molecule has 0 radical (unpaired) electrons. The Bertz CT molecular complexity index is 2990. The molecule has 214 valence electrons. The molecule has 4 heterocycles. The van der Waals surface area contributed by atoms with E-state index in [9.17, 15) is 0 Å². The third kappa shape index (κ3) is 3.14. The van der Waals surface area contributed by atoms with E-state index in [1.807, 2.05) is 0 Å². The summed E-state index contributed by atoms with van der Waals surface area (Å²) in [4.78, 5) is 5.27. The molecule has 0 saturated heterocycles. The van der Waals surface area contributed by atoms with Gasteiger partial charge >= 0.3 is 6.01 Å². The van der Waals surface area contributed by atoms with Crippen molar-refractivity contribution in [2.24, 2.45) is 0 Å². The number of benzene rings is 7. The van der Waals surface area contributed by atoms with E-state index in [-0.39, 0.29) is 0 Å². The van der Waals surface area contributed by atoms with E-state index in [4.69, 9.17) is 9.40 Å². The van der Waals surface area contributed by atoms with Crippen molar-refractivity contribution < 1.29 is 4.42 Å². The first-order chi connectivity index (χ1) is 22.8. The molecule has 0 fully saturated rings. The molecule has 0 N–H and O–H groups in total. The van der Waals surface area contributed by atoms with Gasteiger partial charge in [-0.2, -0.15) is 4.98 Å². The van der Waals surface area contributed by atoms with Crippen molar-refractivity contribution in [1.29, 1.82) is 0 Å². The number of nitrogens with zero attached hydrogens (tertiary/aromatic N) is 3. The predicted octanol–water partition coefficient (Wildman–Crippen LogP) is 11.5. The summed E-state index contributed by atoms with van der Waals surface area (Å²) in [5.74, 6) is 0. The highest BCUT2D eigenvalue weighted by molar-refractivity contribution is 7.26. The summed E-state index contributed by atoms with van der Waals surface area (Å²) in [6.07, 6.45) is 0. The Hall–Kier alpha value is -5.91. The molecular weight excluding hydrogens is 583 g/mol. The molecule has 0 amide bonds. The van der Waals surface area contributed by atoms with Crippen LogP contribution in [0.15, 0.2) is 144 Å². The highest BCUT2D eigenvalue weighted by atomic mass is 32.1.